The summed E-state index contributed by atoms with van der Waals surface area (Å²) in [5.41, 5.74) is 3.51. The topological polar surface area (TPSA) is 38.3 Å². The molecule has 3 heteroatoms. The third-order valence-electron chi connectivity index (χ3n) is 3.61. The SMILES string of the molecule is CC[C@H](NC(=O)COc1ccc(C)cc1)c1ccc(C)cc1. The molecule has 0 fully saturated rings. The molecule has 0 saturated heterocycles. The van der Waals surface area contributed by atoms with Crippen LogP contribution in [-0.4, -0.2) is 12.5 Å². The molecule has 2 rings (SSSR count). The molecule has 0 unspecified atom stereocenters. The highest BCUT2D eigenvalue weighted by Gasteiger charge is 2.12. The van der Waals surface area contributed by atoms with Gasteiger partial charge in [-0.3, -0.25) is 4.79 Å². The Hall–Kier alpha value is -2.29. The number of benzene rings is 2. The summed E-state index contributed by atoms with van der Waals surface area (Å²) in [4.78, 5) is 12.1. The zero-order valence-corrected chi connectivity index (χ0v) is 13.4. The number of nitrogens with one attached hydrogen (secondary N) is 1. The molecule has 0 spiro atoms. The fourth-order valence-electron chi connectivity index (χ4n) is 2.24. The van der Waals surface area contributed by atoms with Crippen LogP contribution >= 0.6 is 0 Å². The monoisotopic (exact) mass is 297 g/mol. The number of carbonyl (C=O) groups is 1. The molecule has 116 valence electrons. The molecular weight excluding hydrogens is 274 g/mol. The average Bonchev–Trinajstić information content (AvgIpc) is 2.53. The van der Waals surface area contributed by atoms with Gasteiger partial charge in [0.05, 0.1) is 6.04 Å². The maximum Gasteiger partial charge on any atom is 0.258 e. The van der Waals surface area contributed by atoms with E-state index in [1.165, 1.54) is 11.1 Å². The largest absolute Gasteiger partial charge is 0.484 e. The second-order valence-corrected chi connectivity index (χ2v) is 5.54. The van der Waals surface area contributed by atoms with Crippen LogP contribution in [0.4, 0.5) is 0 Å². The van der Waals surface area contributed by atoms with Crippen LogP contribution in [0.2, 0.25) is 0 Å². The van der Waals surface area contributed by atoms with Gasteiger partial charge >= 0.3 is 0 Å². The highest BCUT2D eigenvalue weighted by atomic mass is 16.5. The average molecular weight is 297 g/mol. The summed E-state index contributed by atoms with van der Waals surface area (Å²) in [6.45, 7) is 6.17. The van der Waals surface area contributed by atoms with Crippen LogP contribution in [0, 0.1) is 13.8 Å². The lowest BCUT2D eigenvalue weighted by atomic mass is 10.0. The van der Waals surface area contributed by atoms with E-state index in [0.717, 1.165) is 12.0 Å². The molecule has 3 nitrogen and oxygen atoms in total. The van der Waals surface area contributed by atoms with Crippen LogP contribution < -0.4 is 10.1 Å². The summed E-state index contributed by atoms with van der Waals surface area (Å²) in [6.07, 6.45) is 0.847. The van der Waals surface area contributed by atoms with Gasteiger partial charge in [-0.05, 0) is 38.0 Å². The number of ether oxygens (including phenoxy) is 1. The minimum absolute atomic E-state index is 0.0229. The highest BCUT2D eigenvalue weighted by molar-refractivity contribution is 5.78. The van der Waals surface area contributed by atoms with Crippen LogP contribution in [0.3, 0.4) is 0 Å². The van der Waals surface area contributed by atoms with Gasteiger partial charge in [-0.2, -0.15) is 0 Å². The molecule has 0 saturated carbocycles. The first-order valence-electron chi connectivity index (χ1n) is 7.64. The molecule has 0 aliphatic rings. The first-order valence-corrected chi connectivity index (χ1v) is 7.64. The number of hydrogen-bond donors (Lipinski definition) is 1. The Labute approximate surface area is 132 Å². The van der Waals surface area contributed by atoms with Gasteiger partial charge in [0, 0.05) is 0 Å². The third kappa shape index (κ3) is 4.62. The Balaban J connectivity index is 1.89. The molecule has 0 radical (unpaired) electrons. The summed E-state index contributed by atoms with van der Waals surface area (Å²) in [5, 5.41) is 3.02. The van der Waals surface area contributed by atoms with E-state index < -0.39 is 0 Å². The Kier molecular flexibility index (Phi) is 5.59. The van der Waals surface area contributed by atoms with Gasteiger partial charge in [-0.25, -0.2) is 0 Å². The number of amides is 1. The van der Waals surface area contributed by atoms with Crippen molar-refractivity contribution in [1.29, 1.82) is 0 Å². The van der Waals surface area contributed by atoms with E-state index in [2.05, 4.69) is 43.4 Å². The predicted molar refractivity (Wildman–Crippen MR) is 89.0 cm³/mol. The van der Waals surface area contributed by atoms with E-state index in [4.69, 9.17) is 4.74 Å². The van der Waals surface area contributed by atoms with Crippen LogP contribution in [0.5, 0.6) is 5.75 Å². The molecule has 1 N–H and O–H groups in total. The van der Waals surface area contributed by atoms with Crippen molar-refractivity contribution in [2.45, 2.75) is 33.2 Å². The smallest absolute Gasteiger partial charge is 0.258 e. The van der Waals surface area contributed by atoms with Gasteiger partial charge in [0.1, 0.15) is 5.75 Å². The molecule has 0 heterocycles. The van der Waals surface area contributed by atoms with Gasteiger partial charge in [-0.1, -0.05) is 54.4 Å². The van der Waals surface area contributed by atoms with E-state index in [-0.39, 0.29) is 18.6 Å². The first kappa shape index (κ1) is 16.1. The van der Waals surface area contributed by atoms with E-state index in [9.17, 15) is 4.79 Å². The molecule has 0 aliphatic heterocycles. The standard InChI is InChI=1S/C19H23NO2/c1-4-18(16-9-5-14(2)6-10-16)20-19(21)13-22-17-11-7-15(3)8-12-17/h5-12,18H,4,13H2,1-3H3,(H,20,21)/t18-/m0/s1. The summed E-state index contributed by atoms with van der Waals surface area (Å²) in [5.74, 6) is 0.608. The zero-order chi connectivity index (χ0) is 15.9. The van der Waals surface area contributed by atoms with Gasteiger partial charge in [0.15, 0.2) is 6.61 Å². The number of carbonyl (C=O) groups excluding carboxylic acids is 1. The molecule has 22 heavy (non-hydrogen) atoms. The van der Waals surface area contributed by atoms with E-state index in [1.807, 2.05) is 31.2 Å². The molecule has 0 aliphatic carbocycles. The van der Waals surface area contributed by atoms with Crippen molar-refractivity contribution in [3.8, 4) is 5.75 Å². The number of hydrogen-bond acceptors (Lipinski definition) is 2. The maximum absolute atomic E-state index is 12.1. The summed E-state index contributed by atoms with van der Waals surface area (Å²) >= 11 is 0. The van der Waals surface area contributed by atoms with Crippen molar-refractivity contribution in [1.82, 2.24) is 5.32 Å². The van der Waals surface area contributed by atoms with Gasteiger partial charge in [0.25, 0.3) is 5.91 Å². The predicted octanol–water partition coefficient (Wildman–Crippen LogP) is 3.95. The second-order valence-electron chi connectivity index (χ2n) is 5.54. The lowest BCUT2D eigenvalue weighted by Crippen LogP contribution is -2.32. The maximum atomic E-state index is 12.1. The Morgan fingerprint density at radius 3 is 2.09 bits per heavy atom. The zero-order valence-electron chi connectivity index (χ0n) is 13.4. The molecule has 1 amide bonds. The van der Waals surface area contributed by atoms with Crippen molar-refractivity contribution in [2.75, 3.05) is 6.61 Å². The van der Waals surface area contributed by atoms with E-state index in [1.54, 1.807) is 0 Å². The van der Waals surface area contributed by atoms with Crippen molar-refractivity contribution in [3.05, 3.63) is 65.2 Å². The molecule has 0 aromatic heterocycles. The van der Waals surface area contributed by atoms with Crippen LogP contribution in [0.1, 0.15) is 36.1 Å². The third-order valence-corrected chi connectivity index (χ3v) is 3.61. The second kappa shape index (κ2) is 7.64. The van der Waals surface area contributed by atoms with Gasteiger partial charge in [0.2, 0.25) is 0 Å². The van der Waals surface area contributed by atoms with Crippen molar-refractivity contribution in [2.24, 2.45) is 0 Å². The lowest BCUT2D eigenvalue weighted by Gasteiger charge is -2.18. The first-order chi connectivity index (χ1) is 10.6. The normalized spacial score (nSPS) is 11.8. The van der Waals surface area contributed by atoms with Crippen LogP contribution in [0.25, 0.3) is 0 Å². The fraction of sp³-hybridized carbons (Fsp3) is 0.316. The van der Waals surface area contributed by atoms with Crippen LogP contribution in [-0.2, 0) is 4.79 Å². The Morgan fingerprint density at radius 2 is 1.55 bits per heavy atom. The summed E-state index contributed by atoms with van der Waals surface area (Å²) < 4.78 is 5.51. The van der Waals surface area contributed by atoms with Gasteiger partial charge < -0.3 is 10.1 Å². The van der Waals surface area contributed by atoms with E-state index >= 15 is 0 Å². The van der Waals surface area contributed by atoms with Crippen molar-refractivity contribution < 1.29 is 9.53 Å². The molecule has 0 bridgehead atoms. The minimum atomic E-state index is -0.104. The fourth-order valence-corrected chi connectivity index (χ4v) is 2.24. The number of aryl methyl sites for hydroxylation is 2. The molecular formula is C19H23NO2. The summed E-state index contributed by atoms with van der Waals surface area (Å²) in [6, 6.07) is 16.0. The van der Waals surface area contributed by atoms with Crippen molar-refractivity contribution >= 4 is 5.91 Å². The Bertz CT molecular complexity index is 602. The van der Waals surface area contributed by atoms with Crippen LogP contribution in [0.15, 0.2) is 48.5 Å². The minimum Gasteiger partial charge on any atom is -0.484 e. The molecule has 2 aromatic rings. The Morgan fingerprint density at radius 1 is 1.00 bits per heavy atom. The van der Waals surface area contributed by atoms with E-state index in [0.29, 0.717) is 5.75 Å². The lowest BCUT2D eigenvalue weighted by molar-refractivity contribution is -0.123. The quantitative estimate of drug-likeness (QED) is 0.876. The molecule has 1 atom stereocenters. The van der Waals surface area contributed by atoms with Gasteiger partial charge in [-0.15, -0.1) is 0 Å². The molecule has 2 aromatic carbocycles. The van der Waals surface area contributed by atoms with Crippen molar-refractivity contribution in [3.63, 3.8) is 0 Å². The summed E-state index contributed by atoms with van der Waals surface area (Å²) in [7, 11) is 0. The highest BCUT2D eigenvalue weighted by Crippen LogP contribution is 2.17. The number of rotatable bonds is 6.